The van der Waals surface area contributed by atoms with Gasteiger partial charge in [0.2, 0.25) is 0 Å². The monoisotopic (exact) mass is 458 g/mol. The number of hydrogen-bond acceptors (Lipinski definition) is 7. The predicted molar refractivity (Wildman–Crippen MR) is 133 cm³/mol. The third-order valence-electron chi connectivity index (χ3n) is 6.16. The molecule has 34 heavy (non-hydrogen) atoms. The first kappa shape index (κ1) is 22.3. The lowest BCUT2D eigenvalue weighted by Crippen LogP contribution is -2.43. The summed E-state index contributed by atoms with van der Waals surface area (Å²) in [5.41, 5.74) is 4.73. The van der Waals surface area contributed by atoms with Crippen LogP contribution in [0.2, 0.25) is 0 Å². The van der Waals surface area contributed by atoms with Crippen LogP contribution in [0.1, 0.15) is 23.1 Å². The lowest BCUT2D eigenvalue weighted by Gasteiger charge is -2.31. The lowest BCUT2D eigenvalue weighted by molar-refractivity contribution is -0.0432. The highest BCUT2D eigenvalue weighted by Gasteiger charge is 2.28. The van der Waals surface area contributed by atoms with Gasteiger partial charge in [0.1, 0.15) is 17.4 Å². The van der Waals surface area contributed by atoms with Gasteiger partial charge in [-0.15, -0.1) is 5.10 Å². The summed E-state index contributed by atoms with van der Waals surface area (Å²) in [6, 6.07) is 18.3. The van der Waals surface area contributed by atoms with Crippen molar-refractivity contribution in [2.24, 2.45) is 0 Å². The topological polar surface area (TPSA) is 77.3 Å². The summed E-state index contributed by atoms with van der Waals surface area (Å²) in [4.78, 5) is 1.94. The minimum Gasteiger partial charge on any atom is -0.483 e. The van der Waals surface area contributed by atoms with Crippen molar-refractivity contribution < 1.29 is 9.47 Å². The third-order valence-corrected chi connectivity index (χ3v) is 6.16. The second-order valence-electron chi connectivity index (χ2n) is 8.78. The van der Waals surface area contributed by atoms with Crippen LogP contribution < -0.4 is 15.0 Å². The highest BCUT2D eigenvalue weighted by Crippen LogP contribution is 2.31. The summed E-state index contributed by atoms with van der Waals surface area (Å²) in [5, 5.41) is 18.1. The molecule has 5 rings (SSSR count). The average Bonchev–Trinajstić information content (AvgIpc) is 3.21. The van der Waals surface area contributed by atoms with Crippen LogP contribution in [0.3, 0.4) is 0 Å². The molecule has 1 unspecified atom stereocenters. The Morgan fingerprint density at radius 3 is 2.65 bits per heavy atom. The van der Waals surface area contributed by atoms with Gasteiger partial charge < -0.3 is 19.7 Å². The average molecular weight is 459 g/mol. The van der Waals surface area contributed by atoms with E-state index < -0.39 is 0 Å². The second-order valence-corrected chi connectivity index (χ2v) is 8.78. The molecule has 0 spiro atoms. The Morgan fingerprint density at radius 1 is 1.09 bits per heavy atom. The third kappa shape index (κ3) is 4.22. The van der Waals surface area contributed by atoms with Gasteiger partial charge in [0.25, 0.3) is 0 Å². The quantitative estimate of drug-likeness (QED) is 0.473. The van der Waals surface area contributed by atoms with Crippen LogP contribution in [0, 0.1) is 13.8 Å². The smallest absolute Gasteiger partial charge is 0.179 e. The molecule has 1 aliphatic rings. The normalized spacial score (nSPS) is 17.0. The van der Waals surface area contributed by atoms with Gasteiger partial charge in [-0.05, 0) is 31.5 Å². The van der Waals surface area contributed by atoms with Crippen molar-refractivity contribution in [2.75, 3.05) is 38.7 Å². The fourth-order valence-corrected chi connectivity index (χ4v) is 4.48. The van der Waals surface area contributed by atoms with Crippen LogP contribution in [-0.2, 0) is 4.74 Å². The molecule has 3 heterocycles. The molecular formula is C26H30N6O2. The van der Waals surface area contributed by atoms with Crippen molar-refractivity contribution in [3.63, 3.8) is 0 Å². The van der Waals surface area contributed by atoms with Gasteiger partial charge >= 0.3 is 0 Å². The Bertz CT molecular complexity index is 1280. The van der Waals surface area contributed by atoms with Gasteiger partial charge in [-0.1, -0.05) is 36.4 Å². The summed E-state index contributed by atoms with van der Waals surface area (Å²) in [6.07, 6.45) is -0.297. The van der Waals surface area contributed by atoms with Crippen LogP contribution in [0.4, 0.5) is 5.82 Å². The number of ether oxygens (including phenoxy) is 2. The van der Waals surface area contributed by atoms with Gasteiger partial charge in [-0.25, -0.2) is 4.68 Å². The van der Waals surface area contributed by atoms with Gasteiger partial charge in [0, 0.05) is 33.3 Å². The van der Waals surface area contributed by atoms with Crippen LogP contribution in [0.5, 0.6) is 5.75 Å². The fraction of sp³-hybridized carbons (Fsp3) is 0.346. The minimum atomic E-state index is -0.224. The molecule has 0 amide bonds. The standard InChI is InChI=1S/C26H30N6O2/c1-17-23-18(2)32(30-24(23)26(29-28-17)31(3)4)20-11-8-12-21(15-20)34-25(19-9-6-5-7-10-19)22-16-27-13-14-33-22/h5-12,15,22,25,27H,13-14,16H2,1-4H3/t22-,25?/m0/s1. The highest BCUT2D eigenvalue weighted by molar-refractivity contribution is 5.92. The molecule has 1 N–H and O–H groups in total. The Hall–Kier alpha value is -3.49. The summed E-state index contributed by atoms with van der Waals surface area (Å²) in [5.74, 6) is 1.52. The van der Waals surface area contributed by atoms with Gasteiger partial charge in [-0.3, -0.25) is 0 Å². The largest absolute Gasteiger partial charge is 0.483 e. The van der Waals surface area contributed by atoms with E-state index in [1.54, 1.807) is 0 Å². The maximum absolute atomic E-state index is 6.56. The van der Waals surface area contributed by atoms with E-state index in [1.165, 1.54) is 0 Å². The molecule has 0 bridgehead atoms. The first-order valence-electron chi connectivity index (χ1n) is 11.6. The van der Waals surface area contributed by atoms with E-state index in [1.807, 2.05) is 73.1 Å². The fourth-order valence-electron chi connectivity index (χ4n) is 4.48. The number of anilines is 1. The van der Waals surface area contributed by atoms with Gasteiger partial charge in [0.05, 0.1) is 29.1 Å². The predicted octanol–water partition coefficient (Wildman–Crippen LogP) is 3.61. The molecule has 1 aliphatic heterocycles. The molecule has 8 nitrogen and oxygen atoms in total. The van der Waals surface area contributed by atoms with Gasteiger partial charge in [0.15, 0.2) is 11.9 Å². The van der Waals surface area contributed by atoms with Crippen molar-refractivity contribution in [3.8, 4) is 11.4 Å². The molecular weight excluding hydrogens is 428 g/mol. The maximum Gasteiger partial charge on any atom is 0.179 e. The number of aryl methyl sites for hydroxylation is 2. The van der Waals surface area contributed by atoms with Crippen molar-refractivity contribution in [1.29, 1.82) is 0 Å². The van der Waals surface area contributed by atoms with Crippen LogP contribution in [0.25, 0.3) is 16.6 Å². The Morgan fingerprint density at radius 2 is 1.91 bits per heavy atom. The molecule has 1 saturated heterocycles. The molecule has 2 atom stereocenters. The zero-order valence-corrected chi connectivity index (χ0v) is 20.0. The van der Waals surface area contributed by atoms with Crippen molar-refractivity contribution in [3.05, 3.63) is 71.5 Å². The maximum atomic E-state index is 6.56. The number of hydrogen-bond donors (Lipinski definition) is 1. The zero-order valence-electron chi connectivity index (χ0n) is 20.0. The number of benzene rings is 2. The summed E-state index contributed by atoms with van der Waals surface area (Å²) in [6.45, 7) is 6.31. The van der Waals surface area contributed by atoms with Crippen molar-refractivity contribution >= 4 is 16.7 Å². The van der Waals surface area contributed by atoms with E-state index in [-0.39, 0.29) is 12.2 Å². The van der Waals surface area contributed by atoms with Crippen molar-refractivity contribution in [2.45, 2.75) is 26.1 Å². The second kappa shape index (κ2) is 9.40. The number of fused-ring (bicyclic) bond motifs is 1. The molecule has 176 valence electrons. The first-order chi connectivity index (χ1) is 16.5. The molecule has 0 aliphatic carbocycles. The van der Waals surface area contributed by atoms with E-state index in [0.717, 1.165) is 58.2 Å². The van der Waals surface area contributed by atoms with E-state index in [0.29, 0.717) is 6.61 Å². The lowest BCUT2D eigenvalue weighted by atomic mass is 10.0. The van der Waals surface area contributed by atoms with E-state index >= 15 is 0 Å². The van der Waals surface area contributed by atoms with Crippen LogP contribution in [-0.4, -0.2) is 59.9 Å². The van der Waals surface area contributed by atoms with Crippen LogP contribution >= 0.6 is 0 Å². The van der Waals surface area contributed by atoms with E-state index in [9.17, 15) is 0 Å². The van der Waals surface area contributed by atoms with Crippen molar-refractivity contribution in [1.82, 2.24) is 25.3 Å². The molecule has 0 saturated carbocycles. The number of rotatable bonds is 6. The first-order valence-corrected chi connectivity index (χ1v) is 11.6. The zero-order chi connectivity index (χ0) is 23.7. The number of aromatic nitrogens is 4. The molecule has 8 heteroatoms. The minimum absolute atomic E-state index is 0.0729. The molecule has 2 aromatic carbocycles. The number of morpholine rings is 1. The molecule has 0 radical (unpaired) electrons. The Kier molecular flexibility index (Phi) is 6.17. The molecule has 2 aromatic heterocycles. The SMILES string of the molecule is Cc1nnc(N(C)C)c2nn(-c3cccc(OC(c4ccccc4)[C@@H]4CNCCO4)c3)c(C)c12. The van der Waals surface area contributed by atoms with Crippen LogP contribution in [0.15, 0.2) is 54.6 Å². The molecule has 1 fully saturated rings. The Balaban J connectivity index is 1.52. The van der Waals surface area contributed by atoms with E-state index in [4.69, 9.17) is 14.6 Å². The summed E-state index contributed by atoms with van der Waals surface area (Å²) >= 11 is 0. The number of nitrogens with zero attached hydrogens (tertiary/aromatic N) is 5. The number of nitrogens with one attached hydrogen (secondary N) is 1. The van der Waals surface area contributed by atoms with E-state index in [2.05, 4.69) is 34.6 Å². The Labute approximate surface area is 199 Å². The molecule has 4 aromatic rings. The summed E-state index contributed by atoms with van der Waals surface area (Å²) < 4.78 is 14.6. The highest BCUT2D eigenvalue weighted by atomic mass is 16.5. The van der Waals surface area contributed by atoms with Gasteiger partial charge in [-0.2, -0.15) is 10.2 Å². The summed E-state index contributed by atoms with van der Waals surface area (Å²) in [7, 11) is 3.90.